The molecule has 2 saturated heterocycles. The summed E-state index contributed by atoms with van der Waals surface area (Å²) >= 11 is 0. The molecule has 5 nitrogen and oxygen atoms in total. The molecule has 3 heterocycles. The molecule has 2 amide bonds. The zero-order valence-electron chi connectivity index (χ0n) is 16.0. The van der Waals surface area contributed by atoms with Crippen LogP contribution in [0.4, 0.5) is 10.6 Å². The normalized spacial score (nSPS) is 29.0. The molecule has 2 saturated carbocycles. The number of nitrogens with one attached hydrogen (secondary N) is 1. The van der Waals surface area contributed by atoms with Crippen LogP contribution in [0.2, 0.25) is 0 Å². The Balaban J connectivity index is 1.34. The quantitative estimate of drug-likeness (QED) is 0.884. The summed E-state index contributed by atoms with van der Waals surface area (Å²) < 4.78 is 1.91. The molecule has 0 spiro atoms. The summed E-state index contributed by atoms with van der Waals surface area (Å²) in [6.07, 6.45) is 6.43. The van der Waals surface area contributed by atoms with E-state index >= 15 is 0 Å². The van der Waals surface area contributed by atoms with Gasteiger partial charge in [-0.25, -0.2) is 9.48 Å². The number of aryl methyl sites for hydroxylation is 1. The molecule has 2 aliphatic carbocycles. The lowest BCUT2D eigenvalue weighted by atomic mass is 9.68. The lowest BCUT2D eigenvalue weighted by Gasteiger charge is -2.38. The first-order valence-electron chi connectivity index (χ1n) is 10.3. The van der Waals surface area contributed by atoms with E-state index in [2.05, 4.69) is 27.4 Å². The molecule has 2 aliphatic heterocycles. The Morgan fingerprint density at radius 3 is 2.52 bits per heavy atom. The molecule has 1 N–H and O–H groups in total. The van der Waals surface area contributed by atoms with Crippen molar-refractivity contribution in [2.45, 2.75) is 51.6 Å². The fourth-order valence-electron chi connectivity index (χ4n) is 5.74. The molecule has 142 valence electrons. The van der Waals surface area contributed by atoms with Gasteiger partial charge in [0, 0.05) is 18.7 Å². The maximum absolute atomic E-state index is 13.2. The molecule has 2 atom stereocenters. The minimum atomic E-state index is 0.0578. The third-order valence-electron chi connectivity index (χ3n) is 6.68. The fraction of sp³-hybridized carbons (Fsp3) is 0.545. The van der Waals surface area contributed by atoms with Gasteiger partial charge in [0.2, 0.25) is 0 Å². The van der Waals surface area contributed by atoms with Crippen LogP contribution in [0.3, 0.4) is 0 Å². The van der Waals surface area contributed by atoms with Crippen LogP contribution >= 0.6 is 0 Å². The van der Waals surface area contributed by atoms with Crippen molar-refractivity contribution in [3.63, 3.8) is 0 Å². The highest BCUT2D eigenvalue weighted by atomic mass is 16.2. The number of amides is 2. The van der Waals surface area contributed by atoms with Crippen LogP contribution < -0.4 is 5.32 Å². The number of nitrogens with zero attached hydrogens (tertiary/aromatic N) is 3. The van der Waals surface area contributed by atoms with Crippen LogP contribution in [-0.4, -0.2) is 33.3 Å². The molecule has 4 bridgehead atoms. The zero-order chi connectivity index (χ0) is 18.4. The number of carbonyl (C=O) groups excluding carboxylic acids is 1. The van der Waals surface area contributed by atoms with Gasteiger partial charge in [-0.1, -0.05) is 30.3 Å². The third-order valence-corrected chi connectivity index (χ3v) is 6.68. The van der Waals surface area contributed by atoms with Crippen molar-refractivity contribution < 1.29 is 4.79 Å². The molecule has 2 aromatic rings. The highest BCUT2D eigenvalue weighted by molar-refractivity contribution is 5.88. The molecule has 27 heavy (non-hydrogen) atoms. The summed E-state index contributed by atoms with van der Waals surface area (Å²) in [7, 11) is 0. The van der Waals surface area contributed by atoms with Gasteiger partial charge in [0.25, 0.3) is 0 Å². The van der Waals surface area contributed by atoms with E-state index in [-0.39, 0.29) is 6.03 Å². The molecule has 0 radical (unpaired) electrons. The van der Waals surface area contributed by atoms with E-state index < -0.39 is 0 Å². The maximum atomic E-state index is 13.2. The van der Waals surface area contributed by atoms with Crippen molar-refractivity contribution in [3.8, 4) is 0 Å². The standard InChI is InChI=1S/C22H28N4O/c1-15-7-21(26(24-15)14-16-5-3-2-4-6-16)23-22(27)25-13-19-9-17-8-18(10-19)12-20(25)11-17/h2-7,17-20H,8-14H2,1H3,(H,23,27). The molecule has 1 aromatic heterocycles. The van der Waals surface area contributed by atoms with E-state index in [4.69, 9.17) is 0 Å². The van der Waals surface area contributed by atoms with Crippen LogP contribution in [-0.2, 0) is 6.54 Å². The third kappa shape index (κ3) is 3.35. The molecular weight excluding hydrogens is 336 g/mol. The van der Waals surface area contributed by atoms with Gasteiger partial charge in [0.05, 0.1) is 12.2 Å². The number of benzene rings is 1. The predicted octanol–water partition coefficient (Wildman–Crippen LogP) is 4.28. The van der Waals surface area contributed by atoms with Gasteiger partial charge < -0.3 is 4.90 Å². The van der Waals surface area contributed by atoms with Crippen molar-refractivity contribution in [2.24, 2.45) is 17.8 Å². The molecule has 5 heteroatoms. The Kier molecular flexibility index (Phi) is 4.18. The second-order valence-electron chi connectivity index (χ2n) is 8.83. The number of aromatic nitrogens is 2. The average molecular weight is 364 g/mol. The number of carbonyl (C=O) groups is 1. The number of hydrogen-bond donors (Lipinski definition) is 1. The molecular formula is C22H28N4O. The minimum absolute atomic E-state index is 0.0578. The van der Waals surface area contributed by atoms with Crippen molar-refractivity contribution >= 4 is 11.8 Å². The number of hydrogen-bond acceptors (Lipinski definition) is 2. The molecule has 2 unspecified atom stereocenters. The molecule has 4 aliphatic rings. The van der Waals surface area contributed by atoms with E-state index in [0.29, 0.717) is 18.5 Å². The predicted molar refractivity (Wildman–Crippen MR) is 106 cm³/mol. The SMILES string of the molecule is Cc1cc(NC(=O)N2CC3CC4CC(C3)CC2C4)n(Cc2ccccc2)n1. The largest absolute Gasteiger partial charge is 0.323 e. The summed E-state index contributed by atoms with van der Waals surface area (Å²) in [6, 6.07) is 12.7. The summed E-state index contributed by atoms with van der Waals surface area (Å²) in [5.74, 6) is 3.18. The first kappa shape index (κ1) is 16.8. The maximum Gasteiger partial charge on any atom is 0.323 e. The second kappa shape index (κ2) is 6.70. The first-order chi connectivity index (χ1) is 13.1. The van der Waals surface area contributed by atoms with Crippen molar-refractivity contribution in [3.05, 3.63) is 47.7 Å². The second-order valence-corrected chi connectivity index (χ2v) is 8.83. The smallest absolute Gasteiger partial charge is 0.321 e. The topological polar surface area (TPSA) is 50.2 Å². The van der Waals surface area contributed by atoms with Gasteiger partial charge in [0.15, 0.2) is 0 Å². The lowest BCUT2D eigenvalue weighted by molar-refractivity contribution is 0.136. The van der Waals surface area contributed by atoms with E-state index in [9.17, 15) is 4.79 Å². The van der Waals surface area contributed by atoms with Gasteiger partial charge in [-0.05, 0) is 62.3 Å². The van der Waals surface area contributed by atoms with E-state index in [1.165, 1.54) is 37.7 Å². The van der Waals surface area contributed by atoms with E-state index in [1.807, 2.05) is 35.9 Å². The minimum Gasteiger partial charge on any atom is -0.321 e. The Morgan fingerprint density at radius 1 is 1.07 bits per heavy atom. The number of fused-ring (bicyclic) bond motifs is 1. The molecule has 4 fully saturated rings. The summed E-state index contributed by atoms with van der Waals surface area (Å²) in [5.41, 5.74) is 2.11. The van der Waals surface area contributed by atoms with Crippen LogP contribution in [0, 0.1) is 24.7 Å². The van der Waals surface area contributed by atoms with Crippen molar-refractivity contribution in [1.29, 1.82) is 0 Å². The lowest BCUT2D eigenvalue weighted by Crippen LogP contribution is -2.44. The van der Waals surface area contributed by atoms with Crippen LogP contribution in [0.1, 0.15) is 43.4 Å². The number of rotatable bonds is 3. The van der Waals surface area contributed by atoms with Crippen molar-refractivity contribution in [1.82, 2.24) is 14.7 Å². The summed E-state index contributed by atoms with van der Waals surface area (Å²) in [4.78, 5) is 15.3. The first-order valence-corrected chi connectivity index (χ1v) is 10.3. The van der Waals surface area contributed by atoms with Gasteiger partial charge in [-0.3, -0.25) is 5.32 Å². The summed E-state index contributed by atoms with van der Waals surface area (Å²) in [6.45, 7) is 3.57. The highest BCUT2D eigenvalue weighted by Crippen LogP contribution is 2.47. The van der Waals surface area contributed by atoms with Gasteiger partial charge >= 0.3 is 6.03 Å². The fourth-order valence-corrected chi connectivity index (χ4v) is 5.74. The molecule has 1 aromatic carbocycles. The highest BCUT2D eigenvalue weighted by Gasteiger charge is 2.44. The Hall–Kier alpha value is -2.30. The van der Waals surface area contributed by atoms with Crippen LogP contribution in [0.15, 0.2) is 36.4 Å². The van der Waals surface area contributed by atoms with E-state index in [1.54, 1.807) is 0 Å². The molecule has 6 rings (SSSR count). The van der Waals surface area contributed by atoms with Gasteiger partial charge in [-0.2, -0.15) is 5.10 Å². The number of anilines is 1. The van der Waals surface area contributed by atoms with Crippen LogP contribution in [0.5, 0.6) is 0 Å². The Morgan fingerprint density at radius 2 is 1.78 bits per heavy atom. The summed E-state index contributed by atoms with van der Waals surface area (Å²) in [5, 5.41) is 7.77. The monoisotopic (exact) mass is 364 g/mol. The zero-order valence-corrected chi connectivity index (χ0v) is 16.0. The average Bonchev–Trinajstić information content (AvgIpc) is 2.85. The van der Waals surface area contributed by atoms with Crippen molar-refractivity contribution in [2.75, 3.05) is 11.9 Å². The van der Waals surface area contributed by atoms with Gasteiger partial charge in [0.1, 0.15) is 5.82 Å². The Bertz CT molecular complexity index is 816. The number of urea groups is 1. The van der Waals surface area contributed by atoms with Crippen LogP contribution in [0.25, 0.3) is 0 Å². The Labute approximate surface area is 160 Å². The van der Waals surface area contributed by atoms with E-state index in [0.717, 1.165) is 29.9 Å². The van der Waals surface area contributed by atoms with Gasteiger partial charge in [-0.15, -0.1) is 0 Å².